The Kier molecular flexibility index (Phi) is 7.54. The van der Waals surface area contributed by atoms with Crippen molar-refractivity contribution in [2.24, 2.45) is 15.9 Å². The minimum atomic E-state index is -1.44. The van der Waals surface area contributed by atoms with Crippen LogP contribution in [0.1, 0.15) is 45.7 Å². The van der Waals surface area contributed by atoms with E-state index in [0.29, 0.717) is 21.3 Å². The normalized spacial score (nSPS) is 21.9. The summed E-state index contributed by atoms with van der Waals surface area (Å²) in [6.45, 7) is 9.26. The average Bonchev–Trinajstić information content (AvgIpc) is 3.16. The number of amides is 1. The Morgan fingerprint density at radius 3 is 1.95 bits per heavy atom. The van der Waals surface area contributed by atoms with Crippen LogP contribution in [-0.2, 0) is 29.4 Å². The molecule has 0 bridgehead atoms. The van der Waals surface area contributed by atoms with Gasteiger partial charge in [0.1, 0.15) is 5.92 Å². The topological polar surface area (TPSA) is 97.6 Å². The van der Waals surface area contributed by atoms with Gasteiger partial charge in [0.2, 0.25) is 0 Å². The molecule has 1 saturated heterocycles. The van der Waals surface area contributed by atoms with Gasteiger partial charge in [-0.05, 0) is 57.5 Å². The number of esters is 2. The minimum Gasteiger partial charge on any atom is -0.465 e. The van der Waals surface area contributed by atoms with E-state index in [4.69, 9.17) is 19.5 Å². The van der Waals surface area contributed by atoms with E-state index in [1.807, 2.05) is 81.4 Å². The highest BCUT2D eigenvalue weighted by molar-refractivity contribution is 8.26. The van der Waals surface area contributed by atoms with Gasteiger partial charge in [-0.15, -0.1) is 0 Å². The number of fused-ring (bicyclic) bond motifs is 1. The Bertz CT molecular complexity index is 1200. The lowest BCUT2D eigenvalue weighted by Gasteiger charge is -2.38. The van der Waals surface area contributed by atoms with Crippen molar-refractivity contribution in [3.05, 3.63) is 71.8 Å². The number of aliphatic imine (C=N–C) groups is 2. The van der Waals surface area contributed by atoms with E-state index in [1.165, 1.54) is 4.90 Å². The SMILES string of the molecule is CCOC(=O)[C@@H]1C(=NC(C)(C)C)SC2=NC(c3ccccc3)(c3ccccc3)C(=O)N2[C@@H]1C(=O)OCC. The van der Waals surface area contributed by atoms with Gasteiger partial charge in [-0.25, -0.2) is 9.79 Å². The Labute approximate surface area is 221 Å². The van der Waals surface area contributed by atoms with Crippen LogP contribution in [-0.4, -0.2) is 57.8 Å². The third kappa shape index (κ3) is 4.92. The molecule has 0 radical (unpaired) electrons. The maximum atomic E-state index is 14.5. The highest BCUT2D eigenvalue weighted by Gasteiger charge is 2.60. The molecule has 0 N–H and O–H groups in total. The van der Waals surface area contributed by atoms with Gasteiger partial charge in [-0.3, -0.25) is 19.5 Å². The van der Waals surface area contributed by atoms with Gasteiger partial charge in [0.15, 0.2) is 16.7 Å². The second kappa shape index (κ2) is 10.5. The summed E-state index contributed by atoms with van der Waals surface area (Å²) in [5.41, 5.74) is -0.698. The smallest absolute Gasteiger partial charge is 0.330 e. The first-order chi connectivity index (χ1) is 17.6. The Hall–Kier alpha value is -3.46. The van der Waals surface area contributed by atoms with Gasteiger partial charge >= 0.3 is 11.9 Å². The molecule has 1 fully saturated rings. The molecular weight excluding hydrogens is 490 g/mol. The molecule has 0 aliphatic carbocycles. The molecule has 0 aromatic heterocycles. The standard InChI is InChI=1S/C28H31N3O5S/c1-6-35-23(32)20-21(24(33)36-7-2)31-25(34)28(18-14-10-8-11-15-18,19-16-12-9-13-17-19)30-26(31)37-22(20)29-27(3,4)5/h8-17,20-21H,6-7H2,1-5H3/t20-,21-/m0/s1. The number of nitrogens with zero attached hydrogens (tertiary/aromatic N) is 3. The number of rotatable bonds is 6. The van der Waals surface area contributed by atoms with Crippen LogP contribution in [0.5, 0.6) is 0 Å². The molecular formula is C28H31N3O5S. The Morgan fingerprint density at radius 2 is 1.46 bits per heavy atom. The number of hydrogen-bond acceptors (Lipinski definition) is 8. The summed E-state index contributed by atoms with van der Waals surface area (Å²) in [7, 11) is 0. The Balaban J connectivity index is 1.98. The van der Waals surface area contributed by atoms with Crippen molar-refractivity contribution in [2.75, 3.05) is 13.2 Å². The van der Waals surface area contributed by atoms with Gasteiger partial charge in [-0.1, -0.05) is 60.7 Å². The van der Waals surface area contributed by atoms with Gasteiger partial charge in [0.05, 0.1) is 23.8 Å². The number of carbonyl (C=O) groups is 3. The molecule has 37 heavy (non-hydrogen) atoms. The summed E-state index contributed by atoms with van der Waals surface area (Å²) >= 11 is 1.12. The monoisotopic (exact) mass is 521 g/mol. The lowest BCUT2D eigenvalue weighted by Crippen LogP contribution is -2.59. The van der Waals surface area contributed by atoms with Crippen molar-refractivity contribution < 1.29 is 23.9 Å². The van der Waals surface area contributed by atoms with Crippen LogP contribution in [0.25, 0.3) is 0 Å². The summed E-state index contributed by atoms with van der Waals surface area (Å²) in [5.74, 6) is -2.93. The molecule has 2 aliphatic heterocycles. The number of hydrogen-bond donors (Lipinski definition) is 0. The molecule has 9 heteroatoms. The molecule has 2 heterocycles. The van der Waals surface area contributed by atoms with E-state index in [1.54, 1.807) is 13.8 Å². The van der Waals surface area contributed by atoms with Gasteiger partial charge in [-0.2, -0.15) is 0 Å². The fourth-order valence-electron chi connectivity index (χ4n) is 4.52. The molecule has 2 aromatic carbocycles. The molecule has 1 amide bonds. The van der Waals surface area contributed by atoms with E-state index in [2.05, 4.69) is 0 Å². The summed E-state index contributed by atoms with van der Waals surface area (Å²) in [6.07, 6.45) is 0. The van der Waals surface area contributed by atoms with Gasteiger partial charge in [0, 0.05) is 0 Å². The summed E-state index contributed by atoms with van der Waals surface area (Å²) < 4.78 is 10.8. The molecule has 2 aliphatic rings. The minimum absolute atomic E-state index is 0.0841. The first-order valence-corrected chi connectivity index (χ1v) is 13.1. The molecule has 2 atom stereocenters. The second-order valence-corrected chi connectivity index (χ2v) is 10.6. The largest absolute Gasteiger partial charge is 0.465 e. The molecule has 194 valence electrons. The van der Waals surface area contributed by atoms with Crippen molar-refractivity contribution in [3.8, 4) is 0 Å². The third-order valence-corrected chi connectivity index (χ3v) is 6.98. The van der Waals surface area contributed by atoms with E-state index in [0.717, 1.165) is 11.8 Å². The zero-order valence-corrected chi connectivity index (χ0v) is 22.5. The molecule has 0 saturated carbocycles. The van der Waals surface area contributed by atoms with Crippen molar-refractivity contribution in [1.29, 1.82) is 0 Å². The van der Waals surface area contributed by atoms with E-state index in [9.17, 15) is 14.4 Å². The number of amidine groups is 1. The molecule has 2 aromatic rings. The van der Waals surface area contributed by atoms with Gasteiger partial charge in [0.25, 0.3) is 5.91 Å². The maximum absolute atomic E-state index is 14.5. The summed E-state index contributed by atoms with van der Waals surface area (Å²) in [5, 5.41) is 0.656. The average molecular weight is 522 g/mol. The van der Waals surface area contributed by atoms with Crippen LogP contribution in [0.15, 0.2) is 70.6 Å². The lowest BCUT2D eigenvalue weighted by molar-refractivity contribution is -0.159. The van der Waals surface area contributed by atoms with E-state index < -0.39 is 40.9 Å². The number of thioether (sulfide) groups is 1. The highest BCUT2D eigenvalue weighted by atomic mass is 32.2. The molecule has 0 unspecified atom stereocenters. The summed E-state index contributed by atoms with van der Waals surface area (Å²) in [6, 6.07) is 17.1. The number of ether oxygens (including phenoxy) is 2. The van der Waals surface area contributed by atoms with Crippen LogP contribution in [0.2, 0.25) is 0 Å². The van der Waals surface area contributed by atoms with Crippen molar-refractivity contribution in [3.63, 3.8) is 0 Å². The molecule has 4 rings (SSSR count). The highest BCUT2D eigenvalue weighted by Crippen LogP contribution is 2.47. The second-order valence-electron chi connectivity index (χ2n) is 9.66. The zero-order chi connectivity index (χ0) is 26.8. The first-order valence-electron chi connectivity index (χ1n) is 12.3. The predicted molar refractivity (Wildman–Crippen MR) is 143 cm³/mol. The van der Waals surface area contributed by atoms with E-state index >= 15 is 0 Å². The fourth-order valence-corrected chi connectivity index (χ4v) is 5.86. The maximum Gasteiger partial charge on any atom is 0.330 e. The molecule has 8 nitrogen and oxygen atoms in total. The summed E-state index contributed by atoms with van der Waals surface area (Å²) in [4.78, 5) is 52.3. The van der Waals surface area contributed by atoms with Crippen LogP contribution in [0.4, 0.5) is 0 Å². The van der Waals surface area contributed by atoms with Crippen molar-refractivity contribution in [1.82, 2.24) is 4.90 Å². The molecule has 0 spiro atoms. The zero-order valence-electron chi connectivity index (χ0n) is 21.6. The third-order valence-electron chi connectivity index (χ3n) is 5.95. The number of benzene rings is 2. The van der Waals surface area contributed by atoms with Gasteiger partial charge < -0.3 is 9.47 Å². The number of carbonyl (C=O) groups excluding carboxylic acids is 3. The fraction of sp³-hybridized carbons (Fsp3) is 0.393. The van der Waals surface area contributed by atoms with Crippen LogP contribution in [0, 0.1) is 5.92 Å². The van der Waals surface area contributed by atoms with Crippen molar-refractivity contribution >= 4 is 39.8 Å². The predicted octanol–water partition coefficient (Wildman–Crippen LogP) is 4.18. The first kappa shape index (κ1) is 26.6. The van der Waals surface area contributed by atoms with E-state index in [-0.39, 0.29) is 13.2 Å². The van der Waals surface area contributed by atoms with Crippen LogP contribution < -0.4 is 0 Å². The van der Waals surface area contributed by atoms with Crippen molar-refractivity contribution in [2.45, 2.75) is 51.7 Å². The Morgan fingerprint density at radius 1 is 0.946 bits per heavy atom. The van der Waals surface area contributed by atoms with Crippen LogP contribution >= 0.6 is 11.8 Å². The lowest BCUT2D eigenvalue weighted by atomic mass is 9.82. The quantitative estimate of drug-likeness (QED) is 0.529. The van der Waals surface area contributed by atoms with Crippen LogP contribution in [0.3, 0.4) is 0 Å².